The molecule has 0 saturated heterocycles. The lowest BCUT2D eigenvalue weighted by Gasteiger charge is -2.35. The molecular weight excluding hydrogens is 254 g/mol. The van der Waals surface area contributed by atoms with Crippen molar-refractivity contribution < 1.29 is 14.7 Å². The Kier molecular flexibility index (Phi) is 4.84. The molecule has 0 heterocycles. The number of carboxylic acid groups (broad SMARTS) is 1. The largest absolute Gasteiger partial charge is 0.481 e. The summed E-state index contributed by atoms with van der Waals surface area (Å²) in [5, 5.41) is 12.4. The fourth-order valence-electron chi connectivity index (χ4n) is 3.22. The molecule has 2 N–H and O–H groups in total. The Hall–Kier alpha value is -1.32. The van der Waals surface area contributed by atoms with Crippen LogP contribution in [0.5, 0.6) is 0 Å². The summed E-state index contributed by atoms with van der Waals surface area (Å²) >= 11 is 0. The van der Waals surface area contributed by atoms with Gasteiger partial charge in [0.1, 0.15) is 0 Å². The SMILES string of the molecule is CC1CCC(CNC(=O)CC2C=CCC2)(C(=O)O)CC1. The average molecular weight is 279 g/mol. The molecule has 0 spiro atoms. The van der Waals surface area contributed by atoms with Crippen molar-refractivity contribution in [3.8, 4) is 0 Å². The van der Waals surface area contributed by atoms with Crippen LogP contribution in [0.25, 0.3) is 0 Å². The van der Waals surface area contributed by atoms with Crippen molar-refractivity contribution in [3.05, 3.63) is 12.2 Å². The molecule has 0 aromatic carbocycles. The summed E-state index contributed by atoms with van der Waals surface area (Å²) in [6.45, 7) is 2.45. The lowest BCUT2D eigenvalue weighted by Crippen LogP contribution is -2.45. The minimum atomic E-state index is -0.759. The van der Waals surface area contributed by atoms with Crippen LogP contribution in [-0.4, -0.2) is 23.5 Å². The highest BCUT2D eigenvalue weighted by atomic mass is 16.4. The van der Waals surface area contributed by atoms with Gasteiger partial charge in [-0.05, 0) is 50.4 Å². The second-order valence-corrected chi connectivity index (χ2v) is 6.51. The van der Waals surface area contributed by atoms with E-state index in [1.54, 1.807) is 0 Å². The molecule has 20 heavy (non-hydrogen) atoms. The number of carboxylic acids is 1. The molecule has 2 aliphatic rings. The second-order valence-electron chi connectivity index (χ2n) is 6.51. The van der Waals surface area contributed by atoms with Gasteiger partial charge in [0.05, 0.1) is 5.41 Å². The molecule has 2 rings (SSSR count). The molecule has 0 aromatic rings. The Labute approximate surface area is 120 Å². The Morgan fingerprint density at radius 2 is 2.00 bits per heavy atom. The highest BCUT2D eigenvalue weighted by Gasteiger charge is 2.41. The topological polar surface area (TPSA) is 66.4 Å². The van der Waals surface area contributed by atoms with E-state index in [-0.39, 0.29) is 12.5 Å². The molecule has 4 heteroatoms. The fourth-order valence-corrected chi connectivity index (χ4v) is 3.22. The van der Waals surface area contributed by atoms with E-state index in [2.05, 4.69) is 24.4 Å². The number of amides is 1. The van der Waals surface area contributed by atoms with E-state index in [1.807, 2.05) is 0 Å². The highest BCUT2D eigenvalue weighted by molar-refractivity contribution is 5.79. The second kappa shape index (κ2) is 6.42. The predicted octanol–water partition coefficient (Wildman–Crippen LogP) is 2.74. The van der Waals surface area contributed by atoms with Gasteiger partial charge >= 0.3 is 5.97 Å². The molecule has 0 radical (unpaired) electrons. The Balaban J connectivity index is 1.84. The van der Waals surface area contributed by atoms with Gasteiger partial charge in [0.25, 0.3) is 0 Å². The minimum absolute atomic E-state index is 0.0132. The van der Waals surface area contributed by atoms with Gasteiger partial charge in [-0.2, -0.15) is 0 Å². The Morgan fingerprint density at radius 3 is 2.55 bits per heavy atom. The first-order chi connectivity index (χ1) is 9.52. The van der Waals surface area contributed by atoms with Gasteiger partial charge in [0, 0.05) is 13.0 Å². The first-order valence-electron chi connectivity index (χ1n) is 7.68. The summed E-state index contributed by atoms with van der Waals surface area (Å²) in [5.41, 5.74) is -0.742. The summed E-state index contributed by atoms with van der Waals surface area (Å²) in [7, 11) is 0. The van der Waals surface area contributed by atoms with Gasteiger partial charge in [-0.1, -0.05) is 19.1 Å². The van der Waals surface area contributed by atoms with E-state index in [0.29, 0.717) is 31.1 Å². The zero-order valence-electron chi connectivity index (χ0n) is 12.2. The number of allylic oxidation sites excluding steroid dienone is 2. The maximum absolute atomic E-state index is 11.9. The summed E-state index contributed by atoms with van der Waals surface area (Å²) in [4.78, 5) is 23.5. The van der Waals surface area contributed by atoms with Gasteiger partial charge in [0.15, 0.2) is 0 Å². The molecule has 1 saturated carbocycles. The molecule has 0 aliphatic heterocycles. The van der Waals surface area contributed by atoms with Gasteiger partial charge < -0.3 is 10.4 Å². The Bertz CT molecular complexity index is 395. The summed E-state index contributed by atoms with van der Waals surface area (Å²) in [6.07, 6.45) is 10.0. The number of rotatable bonds is 5. The predicted molar refractivity (Wildman–Crippen MR) is 77.2 cm³/mol. The highest BCUT2D eigenvalue weighted by Crippen LogP contribution is 2.38. The van der Waals surface area contributed by atoms with Gasteiger partial charge in [-0.25, -0.2) is 0 Å². The number of carbonyl (C=O) groups excluding carboxylic acids is 1. The maximum atomic E-state index is 11.9. The van der Waals surface area contributed by atoms with Crippen LogP contribution in [0.2, 0.25) is 0 Å². The molecule has 112 valence electrons. The van der Waals surface area contributed by atoms with E-state index >= 15 is 0 Å². The van der Waals surface area contributed by atoms with E-state index in [9.17, 15) is 14.7 Å². The van der Waals surface area contributed by atoms with Crippen molar-refractivity contribution >= 4 is 11.9 Å². The number of carbonyl (C=O) groups is 2. The third kappa shape index (κ3) is 3.62. The summed E-state index contributed by atoms with van der Waals surface area (Å²) < 4.78 is 0. The number of hydrogen-bond acceptors (Lipinski definition) is 2. The fraction of sp³-hybridized carbons (Fsp3) is 0.750. The van der Waals surface area contributed by atoms with Crippen molar-refractivity contribution in [3.63, 3.8) is 0 Å². The molecule has 1 atom stereocenters. The lowest BCUT2D eigenvalue weighted by molar-refractivity contribution is -0.151. The van der Waals surface area contributed by atoms with Crippen LogP contribution in [0, 0.1) is 17.3 Å². The minimum Gasteiger partial charge on any atom is -0.481 e. The molecule has 4 nitrogen and oxygen atoms in total. The third-order valence-electron chi connectivity index (χ3n) is 4.87. The zero-order chi connectivity index (χ0) is 14.6. The molecule has 0 aromatic heterocycles. The van der Waals surface area contributed by atoms with Gasteiger partial charge in [-0.3, -0.25) is 9.59 Å². The van der Waals surface area contributed by atoms with Crippen molar-refractivity contribution in [1.82, 2.24) is 5.32 Å². The lowest BCUT2D eigenvalue weighted by atomic mass is 9.71. The van der Waals surface area contributed by atoms with Crippen LogP contribution < -0.4 is 5.32 Å². The van der Waals surface area contributed by atoms with Gasteiger partial charge in [-0.15, -0.1) is 0 Å². The van der Waals surface area contributed by atoms with Crippen LogP contribution in [0.1, 0.15) is 51.9 Å². The van der Waals surface area contributed by atoms with E-state index < -0.39 is 11.4 Å². The van der Waals surface area contributed by atoms with Crippen LogP contribution in [0.3, 0.4) is 0 Å². The van der Waals surface area contributed by atoms with Crippen LogP contribution in [-0.2, 0) is 9.59 Å². The molecule has 0 bridgehead atoms. The van der Waals surface area contributed by atoms with E-state index in [1.165, 1.54) is 0 Å². The standard InChI is InChI=1S/C16H25NO3/c1-12-6-8-16(9-7-12,15(19)20)11-17-14(18)10-13-4-2-3-5-13/h2,4,12-13H,3,5-11H2,1H3,(H,17,18)(H,19,20). The summed E-state index contributed by atoms with van der Waals surface area (Å²) in [6, 6.07) is 0. The monoisotopic (exact) mass is 279 g/mol. The smallest absolute Gasteiger partial charge is 0.311 e. The van der Waals surface area contributed by atoms with Crippen molar-refractivity contribution in [2.75, 3.05) is 6.54 Å². The number of nitrogens with one attached hydrogen (secondary N) is 1. The van der Waals surface area contributed by atoms with Crippen molar-refractivity contribution in [2.24, 2.45) is 17.3 Å². The first kappa shape index (κ1) is 15.1. The van der Waals surface area contributed by atoms with Crippen LogP contribution in [0.15, 0.2) is 12.2 Å². The normalized spacial score (nSPS) is 33.0. The summed E-state index contributed by atoms with van der Waals surface area (Å²) in [5.74, 6) is 0.162. The molecular formula is C16H25NO3. The Morgan fingerprint density at radius 1 is 1.30 bits per heavy atom. The first-order valence-corrected chi connectivity index (χ1v) is 7.68. The molecule has 2 aliphatic carbocycles. The maximum Gasteiger partial charge on any atom is 0.311 e. The molecule has 1 amide bonds. The quantitative estimate of drug-likeness (QED) is 0.760. The third-order valence-corrected chi connectivity index (χ3v) is 4.87. The van der Waals surface area contributed by atoms with Crippen LogP contribution >= 0.6 is 0 Å². The molecule has 1 unspecified atom stereocenters. The van der Waals surface area contributed by atoms with Crippen molar-refractivity contribution in [2.45, 2.75) is 51.9 Å². The van der Waals surface area contributed by atoms with Crippen molar-refractivity contribution in [1.29, 1.82) is 0 Å². The van der Waals surface area contributed by atoms with Gasteiger partial charge in [0.2, 0.25) is 5.91 Å². The molecule has 1 fully saturated rings. The van der Waals surface area contributed by atoms with E-state index in [0.717, 1.165) is 25.7 Å². The number of aliphatic carboxylic acids is 1. The van der Waals surface area contributed by atoms with Crippen LogP contribution in [0.4, 0.5) is 0 Å². The zero-order valence-corrected chi connectivity index (χ0v) is 12.2. The number of hydrogen-bond donors (Lipinski definition) is 2. The van der Waals surface area contributed by atoms with E-state index in [4.69, 9.17) is 0 Å². The average Bonchev–Trinajstić information content (AvgIpc) is 2.91.